The van der Waals surface area contributed by atoms with Crippen LogP contribution in [0.5, 0.6) is 0 Å². The van der Waals surface area contributed by atoms with Gasteiger partial charge in [0.1, 0.15) is 5.15 Å². The predicted molar refractivity (Wildman–Crippen MR) is 45.9 cm³/mol. The summed E-state index contributed by atoms with van der Waals surface area (Å²) >= 11 is 7.01. The summed E-state index contributed by atoms with van der Waals surface area (Å²) in [6.45, 7) is 0. The van der Waals surface area contributed by atoms with E-state index in [0.29, 0.717) is 0 Å². The molecule has 0 N–H and O–H groups in total. The predicted octanol–water partition coefficient (Wildman–Crippen LogP) is 2.70. The van der Waals surface area contributed by atoms with Gasteiger partial charge in [-0.2, -0.15) is 18.3 Å². The molecular formula is C5H3ClF3IN2. The minimum atomic E-state index is -4.43. The molecule has 0 atom stereocenters. The van der Waals surface area contributed by atoms with Crippen molar-refractivity contribution in [1.82, 2.24) is 9.78 Å². The summed E-state index contributed by atoms with van der Waals surface area (Å²) in [4.78, 5) is 0. The molecule has 7 heteroatoms. The van der Waals surface area contributed by atoms with Crippen LogP contribution in [0.2, 0.25) is 5.15 Å². The number of alkyl halides is 3. The molecule has 0 aromatic carbocycles. The maximum absolute atomic E-state index is 12.1. The van der Waals surface area contributed by atoms with E-state index < -0.39 is 11.9 Å². The zero-order valence-electron chi connectivity index (χ0n) is 5.78. The molecule has 1 aromatic rings. The SMILES string of the molecule is Cn1nc(C(F)(F)F)c(I)c1Cl. The van der Waals surface area contributed by atoms with E-state index in [2.05, 4.69) is 5.10 Å². The molecule has 0 unspecified atom stereocenters. The third-order valence-corrected chi connectivity index (χ3v) is 2.97. The van der Waals surface area contributed by atoms with Crippen LogP contribution in [0.4, 0.5) is 13.2 Å². The normalized spacial score (nSPS) is 12.2. The quantitative estimate of drug-likeness (QED) is 0.674. The lowest BCUT2D eigenvalue weighted by Gasteiger charge is -2.00. The first-order valence-corrected chi connectivity index (χ1v) is 4.25. The summed E-state index contributed by atoms with van der Waals surface area (Å²) < 4.78 is 37.2. The van der Waals surface area contributed by atoms with Gasteiger partial charge in [-0.15, -0.1) is 0 Å². The Kier molecular flexibility index (Phi) is 2.57. The third kappa shape index (κ3) is 1.68. The summed E-state index contributed by atoms with van der Waals surface area (Å²) in [6, 6.07) is 0. The Hall–Kier alpha value is 0.0200. The Morgan fingerprint density at radius 3 is 2.17 bits per heavy atom. The Labute approximate surface area is 84.8 Å². The number of rotatable bonds is 0. The van der Waals surface area contributed by atoms with Crippen molar-refractivity contribution in [2.24, 2.45) is 7.05 Å². The highest BCUT2D eigenvalue weighted by Crippen LogP contribution is 2.34. The lowest BCUT2D eigenvalue weighted by Crippen LogP contribution is -2.08. The minimum absolute atomic E-state index is 0.00271. The van der Waals surface area contributed by atoms with E-state index in [1.165, 1.54) is 29.6 Å². The van der Waals surface area contributed by atoms with Gasteiger partial charge in [-0.1, -0.05) is 11.6 Å². The van der Waals surface area contributed by atoms with Gasteiger partial charge in [0.25, 0.3) is 0 Å². The second-order valence-electron chi connectivity index (χ2n) is 2.07. The van der Waals surface area contributed by atoms with Crippen LogP contribution in [-0.4, -0.2) is 9.78 Å². The van der Waals surface area contributed by atoms with Crippen molar-refractivity contribution in [3.05, 3.63) is 14.4 Å². The van der Waals surface area contributed by atoms with E-state index in [0.717, 1.165) is 4.68 Å². The summed E-state index contributed by atoms with van der Waals surface area (Å²) in [5, 5.41) is 3.24. The van der Waals surface area contributed by atoms with Gasteiger partial charge in [0.2, 0.25) is 0 Å². The van der Waals surface area contributed by atoms with Crippen LogP contribution in [0, 0.1) is 3.57 Å². The van der Waals surface area contributed by atoms with Crippen molar-refractivity contribution in [3.63, 3.8) is 0 Å². The van der Waals surface area contributed by atoms with Crippen LogP contribution in [0.1, 0.15) is 5.69 Å². The van der Waals surface area contributed by atoms with E-state index in [9.17, 15) is 13.2 Å². The highest BCUT2D eigenvalue weighted by molar-refractivity contribution is 14.1. The van der Waals surface area contributed by atoms with Gasteiger partial charge >= 0.3 is 6.18 Å². The van der Waals surface area contributed by atoms with E-state index in [4.69, 9.17) is 11.6 Å². The van der Waals surface area contributed by atoms with Crippen molar-refractivity contribution >= 4 is 34.2 Å². The van der Waals surface area contributed by atoms with Crippen molar-refractivity contribution in [2.75, 3.05) is 0 Å². The fourth-order valence-electron chi connectivity index (χ4n) is 0.659. The van der Waals surface area contributed by atoms with Crippen molar-refractivity contribution in [3.8, 4) is 0 Å². The Morgan fingerprint density at radius 2 is 2.00 bits per heavy atom. The number of aromatic nitrogens is 2. The first kappa shape index (κ1) is 10.1. The lowest BCUT2D eigenvalue weighted by molar-refractivity contribution is -0.142. The summed E-state index contributed by atoms with van der Waals surface area (Å²) in [5.74, 6) is 0. The molecule has 0 aliphatic heterocycles. The fourth-order valence-corrected chi connectivity index (χ4v) is 1.55. The van der Waals surface area contributed by atoms with Gasteiger partial charge in [0.15, 0.2) is 5.69 Å². The highest BCUT2D eigenvalue weighted by atomic mass is 127. The second-order valence-corrected chi connectivity index (χ2v) is 3.51. The zero-order chi connectivity index (χ0) is 9.52. The average molecular weight is 310 g/mol. The molecule has 0 aliphatic carbocycles. The highest BCUT2D eigenvalue weighted by Gasteiger charge is 2.37. The molecule has 68 valence electrons. The van der Waals surface area contributed by atoms with Crippen molar-refractivity contribution < 1.29 is 13.2 Å². The van der Waals surface area contributed by atoms with Crippen molar-refractivity contribution in [2.45, 2.75) is 6.18 Å². The Bertz CT molecular complexity index is 306. The third-order valence-electron chi connectivity index (χ3n) is 1.19. The van der Waals surface area contributed by atoms with Crippen LogP contribution in [0.25, 0.3) is 0 Å². The summed E-state index contributed by atoms with van der Waals surface area (Å²) in [7, 11) is 1.36. The summed E-state index contributed by atoms with van der Waals surface area (Å²) in [6.07, 6.45) is -4.43. The number of aryl methyl sites for hydroxylation is 1. The van der Waals surface area contributed by atoms with Crippen LogP contribution >= 0.6 is 34.2 Å². The smallest absolute Gasteiger partial charge is 0.255 e. The molecule has 2 nitrogen and oxygen atoms in total. The molecule has 0 aliphatic rings. The minimum Gasteiger partial charge on any atom is -0.255 e. The first-order chi connectivity index (χ1) is 5.34. The molecule has 1 heterocycles. The molecule has 1 rings (SSSR count). The molecule has 0 spiro atoms. The van der Waals surface area contributed by atoms with Crippen molar-refractivity contribution in [1.29, 1.82) is 0 Å². The van der Waals surface area contributed by atoms with E-state index >= 15 is 0 Å². The van der Waals surface area contributed by atoms with E-state index in [1.807, 2.05) is 0 Å². The Balaban J connectivity index is 3.28. The van der Waals surface area contributed by atoms with Gasteiger partial charge < -0.3 is 0 Å². The fraction of sp³-hybridized carbons (Fsp3) is 0.400. The maximum Gasteiger partial charge on any atom is 0.436 e. The molecule has 0 saturated heterocycles. The average Bonchev–Trinajstić information content (AvgIpc) is 2.15. The van der Waals surface area contributed by atoms with Crippen LogP contribution in [0.3, 0.4) is 0 Å². The molecule has 0 bridgehead atoms. The number of nitrogens with zero attached hydrogens (tertiary/aromatic N) is 2. The van der Waals surface area contributed by atoms with E-state index in [1.54, 1.807) is 0 Å². The maximum atomic E-state index is 12.1. The standard InChI is InChI=1S/C5H3ClF3IN2/c1-12-4(6)2(10)3(11-12)5(7,8)9/h1H3. The monoisotopic (exact) mass is 310 g/mol. The molecule has 12 heavy (non-hydrogen) atoms. The molecule has 1 aromatic heterocycles. The molecule has 0 amide bonds. The number of halogens is 5. The van der Waals surface area contributed by atoms with Gasteiger partial charge in [-0.25, -0.2) is 0 Å². The van der Waals surface area contributed by atoms with Crippen LogP contribution in [0.15, 0.2) is 0 Å². The van der Waals surface area contributed by atoms with Gasteiger partial charge in [0.05, 0.1) is 3.57 Å². The largest absolute Gasteiger partial charge is 0.436 e. The van der Waals surface area contributed by atoms with Crippen LogP contribution in [-0.2, 0) is 13.2 Å². The van der Waals surface area contributed by atoms with E-state index in [-0.39, 0.29) is 8.72 Å². The topological polar surface area (TPSA) is 17.8 Å². The zero-order valence-corrected chi connectivity index (χ0v) is 8.70. The number of hydrogen-bond donors (Lipinski definition) is 0. The van der Waals surface area contributed by atoms with Crippen LogP contribution < -0.4 is 0 Å². The lowest BCUT2D eigenvalue weighted by atomic mass is 10.4. The Morgan fingerprint density at radius 1 is 1.50 bits per heavy atom. The second kappa shape index (κ2) is 3.06. The summed E-state index contributed by atoms with van der Waals surface area (Å²) in [5.41, 5.74) is -0.935. The first-order valence-electron chi connectivity index (χ1n) is 2.79. The molecule has 0 saturated carbocycles. The van der Waals surface area contributed by atoms with Gasteiger partial charge in [-0.3, -0.25) is 4.68 Å². The van der Waals surface area contributed by atoms with Gasteiger partial charge in [0, 0.05) is 7.05 Å². The molecule has 0 fully saturated rings. The molecular weight excluding hydrogens is 307 g/mol. The number of hydrogen-bond acceptors (Lipinski definition) is 1. The van der Waals surface area contributed by atoms with Gasteiger partial charge in [-0.05, 0) is 22.6 Å². The molecule has 0 radical (unpaired) electrons.